The third-order valence-electron chi connectivity index (χ3n) is 1.56. The van der Waals surface area contributed by atoms with Gasteiger partial charge < -0.3 is 10.5 Å². The van der Waals surface area contributed by atoms with Gasteiger partial charge in [0.2, 0.25) is 0 Å². The number of ether oxygens (including phenoxy) is 1. The highest BCUT2D eigenvalue weighted by molar-refractivity contribution is 6.02. The molecule has 0 saturated carbocycles. The van der Waals surface area contributed by atoms with Gasteiger partial charge in [0.05, 0.1) is 0 Å². The van der Waals surface area contributed by atoms with Gasteiger partial charge >= 0.3 is 6.09 Å². The molecule has 86 valence electrons. The lowest BCUT2D eigenvalue weighted by Crippen LogP contribution is -2.24. The molecule has 0 saturated heterocycles. The number of carbonyl (C=O) groups excluding carboxylic acids is 1. The van der Waals surface area contributed by atoms with Gasteiger partial charge in [-0.25, -0.2) is 4.79 Å². The molecule has 0 radical (unpaired) electrons. The topological polar surface area (TPSA) is 77.6 Å². The van der Waals surface area contributed by atoms with Crippen molar-refractivity contribution >= 4 is 11.9 Å². The van der Waals surface area contributed by atoms with E-state index in [0.717, 1.165) is 0 Å². The number of carbonyl (C=O) groups is 1. The summed E-state index contributed by atoms with van der Waals surface area (Å²) >= 11 is 0. The van der Waals surface area contributed by atoms with Gasteiger partial charge in [0, 0.05) is 18.0 Å². The van der Waals surface area contributed by atoms with E-state index >= 15 is 0 Å². The van der Waals surface area contributed by atoms with Crippen LogP contribution in [0.5, 0.6) is 0 Å². The summed E-state index contributed by atoms with van der Waals surface area (Å²) in [6.45, 7) is 5.29. The fourth-order valence-corrected chi connectivity index (χ4v) is 0.962. The molecule has 1 rings (SSSR count). The van der Waals surface area contributed by atoms with Crippen molar-refractivity contribution in [2.24, 2.45) is 10.7 Å². The van der Waals surface area contributed by atoms with Crippen LogP contribution < -0.4 is 5.73 Å². The smallest absolute Gasteiger partial charge is 0.436 e. The summed E-state index contributed by atoms with van der Waals surface area (Å²) in [7, 11) is 0. The molecule has 1 amide bonds. The number of nitrogens with zero attached hydrogens (tertiary/aromatic N) is 2. The maximum atomic E-state index is 11.3. The van der Waals surface area contributed by atoms with Gasteiger partial charge in [-0.1, -0.05) is 0 Å². The molecule has 0 aliphatic carbocycles. The Balaban J connectivity index is 2.75. The van der Waals surface area contributed by atoms with Crippen LogP contribution in [0, 0.1) is 0 Å². The number of aliphatic imine (C=N–C) groups is 1. The Morgan fingerprint density at radius 2 is 2.19 bits per heavy atom. The van der Waals surface area contributed by atoms with E-state index in [0.29, 0.717) is 5.56 Å². The second-order valence-electron chi connectivity index (χ2n) is 4.22. The number of hydrogen-bond donors (Lipinski definition) is 1. The molecule has 0 spiro atoms. The van der Waals surface area contributed by atoms with Gasteiger partial charge in [0.15, 0.2) is 0 Å². The van der Waals surface area contributed by atoms with E-state index in [1.54, 1.807) is 39.1 Å². The summed E-state index contributed by atoms with van der Waals surface area (Å²) < 4.78 is 5.00. The predicted octanol–water partition coefficient (Wildman–Crippen LogP) is 1.72. The second-order valence-corrected chi connectivity index (χ2v) is 4.22. The fourth-order valence-electron chi connectivity index (χ4n) is 0.962. The monoisotopic (exact) mass is 221 g/mol. The molecule has 16 heavy (non-hydrogen) atoms. The van der Waals surface area contributed by atoms with E-state index in [1.807, 2.05) is 0 Å². The van der Waals surface area contributed by atoms with Crippen LogP contribution in [0.2, 0.25) is 0 Å². The van der Waals surface area contributed by atoms with E-state index in [9.17, 15) is 4.79 Å². The molecule has 5 nitrogen and oxygen atoms in total. The predicted molar refractivity (Wildman–Crippen MR) is 61.2 cm³/mol. The number of amides is 1. The second kappa shape index (κ2) is 4.74. The Labute approximate surface area is 94.4 Å². The summed E-state index contributed by atoms with van der Waals surface area (Å²) in [4.78, 5) is 18.8. The van der Waals surface area contributed by atoms with E-state index in [4.69, 9.17) is 10.5 Å². The van der Waals surface area contributed by atoms with Crippen LogP contribution in [0.1, 0.15) is 26.3 Å². The lowest BCUT2D eigenvalue weighted by atomic mass is 10.2. The number of hydrogen-bond acceptors (Lipinski definition) is 3. The molecule has 0 unspecified atom stereocenters. The fraction of sp³-hybridized carbons (Fsp3) is 0.364. The molecule has 1 aromatic rings. The summed E-state index contributed by atoms with van der Waals surface area (Å²) in [5.74, 6) is 0.0994. The van der Waals surface area contributed by atoms with Crippen molar-refractivity contribution < 1.29 is 9.53 Å². The quantitative estimate of drug-likeness (QED) is 0.578. The zero-order valence-corrected chi connectivity index (χ0v) is 9.60. The van der Waals surface area contributed by atoms with Crippen LogP contribution in [0.4, 0.5) is 4.79 Å². The molecule has 0 aliphatic rings. The zero-order chi connectivity index (χ0) is 12.2. The lowest BCUT2D eigenvalue weighted by Gasteiger charge is -2.17. The number of aromatic nitrogens is 1. The Morgan fingerprint density at radius 3 is 2.69 bits per heavy atom. The van der Waals surface area contributed by atoms with Crippen molar-refractivity contribution in [3.8, 4) is 0 Å². The first kappa shape index (κ1) is 12.2. The van der Waals surface area contributed by atoms with Crippen LogP contribution in [-0.4, -0.2) is 22.5 Å². The van der Waals surface area contributed by atoms with Crippen molar-refractivity contribution in [1.29, 1.82) is 0 Å². The number of amidine groups is 1. The van der Waals surface area contributed by atoms with E-state index in [1.165, 1.54) is 6.20 Å². The molecule has 1 heterocycles. The normalized spacial score (nSPS) is 12.3. The molecule has 0 aromatic carbocycles. The van der Waals surface area contributed by atoms with Crippen LogP contribution >= 0.6 is 0 Å². The van der Waals surface area contributed by atoms with Crippen LogP contribution in [0.3, 0.4) is 0 Å². The Kier molecular flexibility index (Phi) is 3.60. The molecule has 0 fully saturated rings. The molecular formula is C11H15N3O2. The third kappa shape index (κ3) is 4.08. The first-order valence-electron chi connectivity index (χ1n) is 4.86. The van der Waals surface area contributed by atoms with Crippen molar-refractivity contribution in [2.45, 2.75) is 26.4 Å². The minimum atomic E-state index is -0.700. The van der Waals surface area contributed by atoms with Gasteiger partial charge in [-0.15, -0.1) is 0 Å². The maximum absolute atomic E-state index is 11.3. The summed E-state index contributed by atoms with van der Waals surface area (Å²) in [5.41, 5.74) is 5.64. The van der Waals surface area contributed by atoms with Gasteiger partial charge in [-0.2, -0.15) is 4.99 Å². The SMILES string of the molecule is CC(C)(C)OC(=O)/N=C(\N)c1cccnc1. The zero-order valence-electron chi connectivity index (χ0n) is 9.60. The van der Waals surface area contributed by atoms with Crippen LogP contribution in [0.15, 0.2) is 29.5 Å². The molecule has 1 aromatic heterocycles. The summed E-state index contributed by atoms with van der Waals surface area (Å²) in [6, 6.07) is 3.43. The molecular weight excluding hydrogens is 206 g/mol. The Morgan fingerprint density at radius 1 is 1.50 bits per heavy atom. The maximum Gasteiger partial charge on any atom is 0.436 e. The van der Waals surface area contributed by atoms with Crippen molar-refractivity contribution in [3.05, 3.63) is 30.1 Å². The number of rotatable bonds is 1. The first-order valence-corrected chi connectivity index (χ1v) is 4.86. The van der Waals surface area contributed by atoms with E-state index in [-0.39, 0.29) is 5.84 Å². The summed E-state index contributed by atoms with van der Waals surface area (Å²) in [5, 5.41) is 0. The number of nitrogens with two attached hydrogens (primary N) is 1. The van der Waals surface area contributed by atoms with Crippen LogP contribution in [0.25, 0.3) is 0 Å². The number of pyridine rings is 1. The summed E-state index contributed by atoms with van der Waals surface area (Å²) in [6.07, 6.45) is 2.45. The minimum absolute atomic E-state index is 0.0994. The van der Waals surface area contributed by atoms with Gasteiger partial charge in [-0.05, 0) is 32.9 Å². The first-order chi connectivity index (χ1) is 7.38. The largest absolute Gasteiger partial charge is 0.442 e. The van der Waals surface area contributed by atoms with Crippen LogP contribution in [-0.2, 0) is 4.74 Å². The molecule has 0 bridgehead atoms. The average Bonchev–Trinajstić information content (AvgIpc) is 2.16. The lowest BCUT2D eigenvalue weighted by molar-refractivity contribution is 0.0604. The van der Waals surface area contributed by atoms with E-state index in [2.05, 4.69) is 9.98 Å². The third-order valence-corrected chi connectivity index (χ3v) is 1.56. The van der Waals surface area contributed by atoms with Gasteiger partial charge in [0.25, 0.3) is 0 Å². The van der Waals surface area contributed by atoms with Gasteiger partial charge in [0.1, 0.15) is 11.4 Å². The Bertz CT molecular complexity index is 393. The van der Waals surface area contributed by atoms with E-state index < -0.39 is 11.7 Å². The highest BCUT2D eigenvalue weighted by Crippen LogP contribution is 2.08. The average molecular weight is 221 g/mol. The van der Waals surface area contributed by atoms with Crippen molar-refractivity contribution in [2.75, 3.05) is 0 Å². The van der Waals surface area contributed by atoms with Crippen molar-refractivity contribution in [3.63, 3.8) is 0 Å². The highest BCUT2D eigenvalue weighted by atomic mass is 16.6. The standard InChI is InChI=1S/C11H15N3O2/c1-11(2,3)16-10(15)14-9(12)8-5-4-6-13-7-8/h4-7H,1-3H3,(H2,12,14,15). The molecule has 2 N–H and O–H groups in total. The Hall–Kier alpha value is -1.91. The highest BCUT2D eigenvalue weighted by Gasteiger charge is 2.16. The minimum Gasteiger partial charge on any atom is -0.442 e. The molecule has 5 heteroatoms. The molecule has 0 aliphatic heterocycles. The van der Waals surface area contributed by atoms with Crippen molar-refractivity contribution in [1.82, 2.24) is 4.98 Å². The van der Waals surface area contributed by atoms with Gasteiger partial charge in [-0.3, -0.25) is 4.98 Å². The molecule has 0 atom stereocenters.